The number of quaternary nitrogens is 2. The van der Waals surface area contributed by atoms with Crippen molar-refractivity contribution in [3.63, 3.8) is 0 Å². The Bertz CT molecular complexity index is 57.1. The van der Waals surface area contributed by atoms with Crippen LogP contribution < -0.4 is 10.1 Å². The van der Waals surface area contributed by atoms with E-state index in [9.17, 15) is 10.4 Å². The fourth-order valence-corrected chi connectivity index (χ4v) is 0.286. The third-order valence-electron chi connectivity index (χ3n) is 1.22. The van der Waals surface area contributed by atoms with Gasteiger partial charge >= 0.3 is 0 Å². The number of hydrogen-bond donors (Lipinski definition) is 2. The Kier molecular flexibility index (Phi) is 2.93. The summed E-state index contributed by atoms with van der Waals surface area (Å²) < 4.78 is 0. The Balaban J connectivity index is 3.46. The lowest BCUT2D eigenvalue weighted by molar-refractivity contribution is -1.06. The maximum Gasteiger partial charge on any atom is 0.209 e. The molecule has 0 saturated heterocycles. The Labute approximate surface area is 48.9 Å². The van der Waals surface area contributed by atoms with Gasteiger partial charge in [0.15, 0.2) is 0 Å². The van der Waals surface area contributed by atoms with Crippen LogP contribution in [0.3, 0.4) is 0 Å². The number of hydrogen-bond acceptors (Lipinski definition) is 2. The van der Waals surface area contributed by atoms with Crippen LogP contribution >= 0.6 is 0 Å². The molecule has 50 valence electrons. The molecule has 4 nitrogen and oxygen atoms in total. The molecule has 2 N–H and O–H groups in total. The second kappa shape index (κ2) is 2.99. The van der Waals surface area contributed by atoms with Gasteiger partial charge in [0.05, 0.1) is 14.1 Å². The van der Waals surface area contributed by atoms with Crippen molar-refractivity contribution in [3.05, 3.63) is 10.4 Å². The van der Waals surface area contributed by atoms with E-state index in [0.29, 0.717) is 0 Å². The minimum Gasteiger partial charge on any atom is -0.630 e. The molecule has 0 saturated carbocycles. The molecule has 0 heterocycles. The van der Waals surface area contributed by atoms with E-state index in [1.54, 1.807) is 6.92 Å². The summed E-state index contributed by atoms with van der Waals surface area (Å²) in [5.74, 6) is 0. The summed E-state index contributed by atoms with van der Waals surface area (Å²) in [7, 11) is 2.85. The average molecular weight is 120 g/mol. The Morgan fingerprint density at radius 2 is 1.38 bits per heavy atom. The molecular formula is C4H12N2O2. The molecule has 0 aliphatic carbocycles. The number of rotatable bonds is 2. The van der Waals surface area contributed by atoms with Gasteiger partial charge in [-0.25, -0.2) is 0 Å². The van der Waals surface area contributed by atoms with Gasteiger partial charge in [-0.15, -0.1) is 0 Å². The third-order valence-corrected chi connectivity index (χ3v) is 1.22. The zero-order chi connectivity index (χ0) is 6.73. The molecular weight excluding hydrogens is 108 g/mol. The molecule has 0 aromatic heterocycles. The monoisotopic (exact) mass is 120 g/mol. The Morgan fingerprint density at radius 1 is 1.12 bits per heavy atom. The van der Waals surface area contributed by atoms with Gasteiger partial charge in [0.25, 0.3) is 0 Å². The number of hydroxylamine groups is 4. The van der Waals surface area contributed by atoms with Crippen LogP contribution in [0.2, 0.25) is 0 Å². The number of nitrogens with one attached hydrogen (secondary N) is 2. The van der Waals surface area contributed by atoms with E-state index in [-0.39, 0.29) is 10.1 Å². The van der Waals surface area contributed by atoms with Crippen LogP contribution in [-0.4, -0.2) is 20.3 Å². The van der Waals surface area contributed by atoms with Crippen LogP contribution in [0.15, 0.2) is 0 Å². The molecule has 0 aromatic carbocycles. The average Bonchev–Trinajstić information content (AvgIpc) is 1.64. The quantitative estimate of drug-likeness (QED) is 0.309. The van der Waals surface area contributed by atoms with Crippen molar-refractivity contribution in [3.8, 4) is 0 Å². The highest BCUT2D eigenvalue weighted by Crippen LogP contribution is 1.48. The molecule has 0 bridgehead atoms. The SMILES string of the molecule is CC([NH+](C)[O-])[NH+](C)[O-]. The van der Waals surface area contributed by atoms with Crippen LogP contribution in [0.1, 0.15) is 6.92 Å². The highest BCUT2D eigenvalue weighted by Gasteiger charge is 2.05. The first-order valence-electron chi connectivity index (χ1n) is 2.56. The first-order chi connectivity index (χ1) is 3.55. The van der Waals surface area contributed by atoms with Gasteiger partial charge < -0.3 is 20.5 Å². The van der Waals surface area contributed by atoms with Crippen molar-refractivity contribution < 1.29 is 10.1 Å². The van der Waals surface area contributed by atoms with E-state index >= 15 is 0 Å². The van der Waals surface area contributed by atoms with Crippen LogP contribution in [-0.2, 0) is 0 Å². The molecule has 8 heavy (non-hydrogen) atoms. The molecule has 2 unspecified atom stereocenters. The second-order valence-corrected chi connectivity index (χ2v) is 1.94. The molecule has 0 rings (SSSR count). The van der Waals surface area contributed by atoms with Crippen molar-refractivity contribution >= 4 is 0 Å². The van der Waals surface area contributed by atoms with Crippen LogP contribution in [0.4, 0.5) is 0 Å². The summed E-state index contributed by atoms with van der Waals surface area (Å²) in [5, 5.41) is 20.6. The van der Waals surface area contributed by atoms with E-state index < -0.39 is 6.17 Å². The van der Waals surface area contributed by atoms with Crippen molar-refractivity contribution in [1.82, 2.24) is 0 Å². The predicted molar refractivity (Wildman–Crippen MR) is 30.0 cm³/mol. The summed E-state index contributed by atoms with van der Waals surface area (Å²) in [6.45, 7) is 1.62. The topological polar surface area (TPSA) is 55.0 Å². The predicted octanol–water partition coefficient (Wildman–Crippen LogP) is -2.64. The fourth-order valence-electron chi connectivity index (χ4n) is 0.286. The summed E-state index contributed by atoms with van der Waals surface area (Å²) >= 11 is 0. The largest absolute Gasteiger partial charge is 0.630 e. The standard InChI is InChI=1S/C4H12N2O2/c1-4(5(2)7)6(3)8/h4-6H,1-3H3. The van der Waals surface area contributed by atoms with Gasteiger partial charge in [-0.05, 0) is 0 Å². The third kappa shape index (κ3) is 2.23. The van der Waals surface area contributed by atoms with Crippen molar-refractivity contribution in [2.45, 2.75) is 13.1 Å². The molecule has 0 spiro atoms. The zero-order valence-electron chi connectivity index (χ0n) is 5.39. The zero-order valence-corrected chi connectivity index (χ0v) is 5.39. The molecule has 0 aromatic rings. The smallest absolute Gasteiger partial charge is 0.209 e. The summed E-state index contributed by atoms with van der Waals surface area (Å²) in [6, 6.07) is 0. The molecule has 0 amide bonds. The maximum absolute atomic E-state index is 10.4. The molecule has 4 heteroatoms. The van der Waals surface area contributed by atoms with E-state index in [0.717, 1.165) is 0 Å². The van der Waals surface area contributed by atoms with Gasteiger partial charge in [0.2, 0.25) is 6.17 Å². The highest BCUT2D eigenvalue weighted by atomic mass is 16.5. The minimum atomic E-state index is -0.407. The lowest BCUT2D eigenvalue weighted by Crippen LogP contribution is -3.29. The highest BCUT2D eigenvalue weighted by molar-refractivity contribution is 4.20. The summed E-state index contributed by atoms with van der Waals surface area (Å²) in [5.41, 5.74) is 0. The first-order valence-corrected chi connectivity index (χ1v) is 2.56. The normalized spacial score (nSPS) is 22.1. The minimum absolute atomic E-state index is 0.0579. The summed E-state index contributed by atoms with van der Waals surface area (Å²) in [6.07, 6.45) is -0.407. The maximum atomic E-state index is 10.4. The van der Waals surface area contributed by atoms with E-state index in [1.165, 1.54) is 14.1 Å². The lowest BCUT2D eigenvalue weighted by Gasteiger charge is -2.30. The first kappa shape index (κ1) is 7.84. The molecule has 0 radical (unpaired) electrons. The van der Waals surface area contributed by atoms with E-state index in [2.05, 4.69) is 0 Å². The van der Waals surface area contributed by atoms with Gasteiger partial charge in [-0.3, -0.25) is 0 Å². The molecule has 0 aliphatic heterocycles. The molecule has 0 aliphatic rings. The lowest BCUT2D eigenvalue weighted by atomic mass is 10.6. The van der Waals surface area contributed by atoms with Gasteiger partial charge in [-0.1, -0.05) is 0 Å². The second-order valence-electron chi connectivity index (χ2n) is 1.94. The Hall–Kier alpha value is -0.160. The van der Waals surface area contributed by atoms with Crippen LogP contribution in [0, 0.1) is 10.4 Å². The van der Waals surface area contributed by atoms with Crippen molar-refractivity contribution in [2.24, 2.45) is 0 Å². The fraction of sp³-hybridized carbons (Fsp3) is 1.00. The van der Waals surface area contributed by atoms with Crippen molar-refractivity contribution in [1.29, 1.82) is 0 Å². The van der Waals surface area contributed by atoms with Gasteiger partial charge in [0, 0.05) is 6.92 Å². The van der Waals surface area contributed by atoms with E-state index in [4.69, 9.17) is 0 Å². The molecule has 0 fully saturated rings. The Morgan fingerprint density at radius 3 is 1.38 bits per heavy atom. The van der Waals surface area contributed by atoms with Crippen molar-refractivity contribution in [2.75, 3.05) is 14.1 Å². The van der Waals surface area contributed by atoms with Crippen LogP contribution in [0.25, 0.3) is 0 Å². The molecule has 2 atom stereocenters. The van der Waals surface area contributed by atoms with E-state index in [1.807, 2.05) is 0 Å². The van der Waals surface area contributed by atoms with Gasteiger partial charge in [-0.2, -0.15) is 0 Å². The van der Waals surface area contributed by atoms with Crippen LogP contribution in [0.5, 0.6) is 0 Å². The van der Waals surface area contributed by atoms with Gasteiger partial charge in [0.1, 0.15) is 0 Å². The summed E-state index contributed by atoms with van der Waals surface area (Å²) in [4.78, 5) is 0.